The van der Waals surface area contributed by atoms with Crippen molar-refractivity contribution in [2.45, 2.75) is 26.1 Å². The Morgan fingerprint density at radius 2 is 1.45 bits per heavy atom. The molecule has 0 bridgehead atoms. The van der Waals surface area contributed by atoms with Gasteiger partial charge in [0.1, 0.15) is 0 Å². The standard InChI is InChI=1S/C28H27N3O2/c29-18-22-9-11-23(12-10-22)19-30-28(33)26-5-3-4-25(17-26)16-21-7-13-24(14-8-21)20-31-15-2-1-6-27(31)32/h1-15,17H,16,18-20,29H2,(H,30,33). The number of nitrogens with one attached hydrogen (secondary N) is 1. The first-order valence-electron chi connectivity index (χ1n) is 11.0. The second-order valence-electron chi connectivity index (χ2n) is 8.06. The molecule has 0 aliphatic heterocycles. The number of hydrogen-bond acceptors (Lipinski definition) is 3. The summed E-state index contributed by atoms with van der Waals surface area (Å²) in [6.45, 7) is 1.53. The summed E-state index contributed by atoms with van der Waals surface area (Å²) >= 11 is 0. The van der Waals surface area contributed by atoms with Crippen molar-refractivity contribution in [1.82, 2.24) is 9.88 Å². The van der Waals surface area contributed by atoms with Gasteiger partial charge in [0.2, 0.25) is 0 Å². The lowest BCUT2D eigenvalue weighted by Gasteiger charge is -2.09. The molecule has 3 N–H and O–H groups in total. The summed E-state index contributed by atoms with van der Waals surface area (Å²) in [6.07, 6.45) is 2.52. The smallest absolute Gasteiger partial charge is 0.251 e. The van der Waals surface area contributed by atoms with Gasteiger partial charge in [-0.25, -0.2) is 0 Å². The van der Waals surface area contributed by atoms with Gasteiger partial charge in [-0.15, -0.1) is 0 Å². The molecule has 0 unspecified atom stereocenters. The van der Waals surface area contributed by atoms with E-state index in [4.69, 9.17) is 5.73 Å². The molecule has 5 heteroatoms. The molecule has 0 fully saturated rings. The van der Waals surface area contributed by atoms with E-state index in [1.807, 2.05) is 66.7 Å². The molecule has 4 rings (SSSR count). The molecule has 0 saturated carbocycles. The first-order chi connectivity index (χ1) is 16.1. The highest BCUT2D eigenvalue weighted by molar-refractivity contribution is 5.94. The normalized spacial score (nSPS) is 10.7. The first kappa shape index (κ1) is 22.2. The van der Waals surface area contributed by atoms with Gasteiger partial charge in [0.15, 0.2) is 0 Å². The number of carbonyl (C=O) groups is 1. The summed E-state index contributed by atoms with van der Waals surface area (Å²) in [4.78, 5) is 24.5. The molecule has 0 atom stereocenters. The average molecular weight is 438 g/mol. The third kappa shape index (κ3) is 6.05. The minimum atomic E-state index is -0.0941. The average Bonchev–Trinajstić information content (AvgIpc) is 2.85. The van der Waals surface area contributed by atoms with E-state index in [1.54, 1.807) is 22.9 Å². The molecular formula is C28H27N3O2. The summed E-state index contributed by atoms with van der Waals surface area (Å²) in [5.41, 5.74) is 11.7. The molecule has 0 aliphatic carbocycles. The van der Waals surface area contributed by atoms with E-state index in [2.05, 4.69) is 17.4 Å². The largest absolute Gasteiger partial charge is 0.348 e. The van der Waals surface area contributed by atoms with Crippen molar-refractivity contribution in [1.29, 1.82) is 0 Å². The lowest BCUT2D eigenvalue weighted by atomic mass is 10.0. The Morgan fingerprint density at radius 1 is 0.758 bits per heavy atom. The van der Waals surface area contributed by atoms with Gasteiger partial charge in [0.25, 0.3) is 11.5 Å². The van der Waals surface area contributed by atoms with Crippen molar-refractivity contribution in [3.63, 3.8) is 0 Å². The second-order valence-corrected chi connectivity index (χ2v) is 8.06. The van der Waals surface area contributed by atoms with Crippen LogP contribution in [0.4, 0.5) is 0 Å². The second kappa shape index (κ2) is 10.6. The molecule has 1 heterocycles. The Bertz CT molecular complexity index is 1280. The van der Waals surface area contributed by atoms with E-state index in [0.29, 0.717) is 25.2 Å². The Kier molecular flexibility index (Phi) is 7.12. The predicted octanol–water partition coefficient (Wildman–Crippen LogP) is 3.88. The van der Waals surface area contributed by atoms with Crippen LogP contribution >= 0.6 is 0 Å². The van der Waals surface area contributed by atoms with Crippen LogP contribution in [0.1, 0.15) is 38.2 Å². The number of benzene rings is 3. The molecule has 1 aromatic heterocycles. The maximum Gasteiger partial charge on any atom is 0.251 e. The highest BCUT2D eigenvalue weighted by Gasteiger charge is 2.07. The number of pyridine rings is 1. The fraction of sp³-hybridized carbons (Fsp3) is 0.143. The van der Waals surface area contributed by atoms with E-state index in [0.717, 1.165) is 34.2 Å². The number of nitrogens with two attached hydrogens (primary N) is 1. The van der Waals surface area contributed by atoms with Crippen LogP contribution in [0, 0.1) is 0 Å². The van der Waals surface area contributed by atoms with Crippen molar-refractivity contribution in [2.75, 3.05) is 0 Å². The van der Waals surface area contributed by atoms with Gasteiger partial charge >= 0.3 is 0 Å². The van der Waals surface area contributed by atoms with E-state index in [-0.39, 0.29) is 11.5 Å². The minimum absolute atomic E-state index is 0.00996. The van der Waals surface area contributed by atoms with E-state index < -0.39 is 0 Å². The Hall–Kier alpha value is -3.96. The van der Waals surface area contributed by atoms with Gasteiger partial charge in [0, 0.05) is 30.9 Å². The maximum absolute atomic E-state index is 12.6. The van der Waals surface area contributed by atoms with Gasteiger partial charge in [0.05, 0.1) is 6.54 Å². The van der Waals surface area contributed by atoms with Crippen molar-refractivity contribution in [3.05, 3.63) is 141 Å². The van der Waals surface area contributed by atoms with Gasteiger partial charge in [-0.2, -0.15) is 0 Å². The van der Waals surface area contributed by atoms with Crippen molar-refractivity contribution < 1.29 is 4.79 Å². The van der Waals surface area contributed by atoms with Crippen molar-refractivity contribution >= 4 is 5.91 Å². The molecule has 33 heavy (non-hydrogen) atoms. The van der Waals surface area contributed by atoms with Crippen LogP contribution in [0.2, 0.25) is 0 Å². The van der Waals surface area contributed by atoms with Crippen LogP contribution in [0.5, 0.6) is 0 Å². The highest BCUT2D eigenvalue weighted by atomic mass is 16.1. The number of carbonyl (C=O) groups excluding carboxylic acids is 1. The minimum Gasteiger partial charge on any atom is -0.348 e. The molecule has 166 valence electrons. The summed E-state index contributed by atoms with van der Waals surface area (Å²) in [5.74, 6) is -0.0941. The molecule has 0 saturated heterocycles. The number of amides is 1. The van der Waals surface area contributed by atoms with Gasteiger partial charge in [-0.05, 0) is 52.4 Å². The van der Waals surface area contributed by atoms with Crippen LogP contribution in [-0.4, -0.2) is 10.5 Å². The summed E-state index contributed by atoms with van der Waals surface area (Å²) < 4.78 is 1.68. The molecular weight excluding hydrogens is 410 g/mol. The van der Waals surface area contributed by atoms with E-state index >= 15 is 0 Å². The first-order valence-corrected chi connectivity index (χ1v) is 11.0. The number of nitrogens with zero attached hydrogens (tertiary/aromatic N) is 1. The topological polar surface area (TPSA) is 77.1 Å². The molecule has 4 aromatic rings. The predicted molar refractivity (Wildman–Crippen MR) is 131 cm³/mol. The van der Waals surface area contributed by atoms with Crippen LogP contribution in [0.15, 0.2) is 102 Å². The molecule has 0 radical (unpaired) electrons. The van der Waals surface area contributed by atoms with Gasteiger partial charge < -0.3 is 15.6 Å². The lowest BCUT2D eigenvalue weighted by Crippen LogP contribution is -2.22. The maximum atomic E-state index is 12.6. The molecule has 5 nitrogen and oxygen atoms in total. The third-order valence-corrected chi connectivity index (χ3v) is 5.58. The number of rotatable bonds is 8. The van der Waals surface area contributed by atoms with Crippen molar-refractivity contribution in [3.8, 4) is 0 Å². The van der Waals surface area contributed by atoms with Gasteiger partial charge in [-0.3, -0.25) is 9.59 Å². The molecule has 3 aromatic carbocycles. The zero-order chi connectivity index (χ0) is 23.0. The molecule has 0 spiro atoms. The third-order valence-electron chi connectivity index (χ3n) is 5.58. The Balaban J connectivity index is 1.36. The highest BCUT2D eigenvalue weighted by Crippen LogP contribution is 2.14. The van der Waals surface area contributed by atoms with Crippen LogP contribution < -0.4 is 16.6 Å². The Morgan fingerprint density at radius 3 is 2.18 bits per heavy atom. The summed E-state index contributed by atoms with van der Waals surface area (Å²) in [6, 6.07) is 29.0. The fourth-order valence-electron chi connectivity index (χ4n) is 3.69. The number of hydrogen-bond donors (Lipinski definition) is 2. The number of aromatic nitrogens is 1. The van der Waals surface area contributed by atoms with Gasteiger partial charge in [-0.1, -0.05) is 66.7 Å². The van der Waals surface area contributed by atoms with E-state index in [1.165, 1.54) is 0 Å². The SMILES string of the molecule is NCc1ccc(CNC(=O)c2cccc(Cc3ccc(Cn4ccccc4=O)cc3)c2)cc1. The fourth-order valence-corrected chi connectivity index (χ4v) is 3.69. The zero-order valence-electron chi connectivity index (χ0n) is 18.4. The summed E-state index contributed by atoms with van der Waals surface area (Å²) in [5, 5.41) is 2.98. The van der Waals surface area contributed by atoms with Crippen LogP contribution in [-0.2, 0) is 26.1 Å². The Labute approximate surface area is 193 Å². The summed E-state index contributed by atoms with van der Waals surface area (Å²) in [7, 11) is 0. The zero-order valence-corrected chi connectivity index (χ0v) is 18.4. The monoisotopic (exact) mass is 437 g/mol. The van der Waals surface area contributed by atoms with Crippen LogP contribution in [0.3, 0.4) is 0 Å². The molecule has 0 aliphatic rings. The quantitative estimate of drug-likeness (QED) is 0.439. The molecule has 1 amide bonds. The van der Waals surface area contributed by atoms with Crippen LogP contribution in [0.25, 0.3) is 0 Å². The lowest BCUT2D eigenvalue weighted by molar-refractivity contribution is 0.0951. The van der Waals surface area contributed by atoms with E-state index in [9.17, 15) is 9.59 Å². The van der Waals surface area contributed by atoms with Crippen molar-refractivity contribution in [2.24, 2.45) is 5.73 Å².